The summed E-state index contributed by atoms with van der Waals surface area (Å²) in [7, 11) is 3.88. The zero-order valence-electron chi connectivity index (χ0n) is 13.1. The lowest BCUT2D eigenvalue weighted by Gasteiger charge is -2.07. The van der Waals surface area contributed by atoms with Gasteiger partial charge in [-0.25, -0.2) is 4.98 Å². The van der Waals surface area contributed by atoms with Gasteiger partial charge in [-0.05, 0) is 32.3 Å². The highest BCUT2D eigenvalue weighted by Gasteiger charge is 2.13. The molecule has 1 heterocycles. The Kier molecular flexibility index (Phi) is 6.56. The summed E-state index contributed by atoms with van der Waals surface area (Å²) in [6.45, 7) is 0.512. The van der Waals surface area contributed by atoms with E-state index in [1.807, 2.05) is 24.4 Å². The fourth-order valence-electron chi connectivity index (χ4n) is 1.85. The second-order valence-electron chi connectivity index (χ2n) is 5.24. The van der Waals surface area contributed by atoms with Crippen molar-refractivity contribution in [3.8, 4) is 0 Å². The molecule has 128 valence electrons. The maximum absolute atomic E-state index is 12.0. The Hall–Kier alpha value is -1.67. The lowest BCUT2D eigenvalue weighted by Crippen LogP contribution is -2.33. The summed E-state index contributed by atoms with van der Waals surface area (Å²) in [6.07, 6.45) is 0. The molecule has 0 atom stereocenters. The van der Waals surface area contributed by atoms with Crippen molar-refractivity contribution in [3.05, 3.63) is 44.9 Å². The van der Waals surface area contributed by atoms with Gasteiger partial charge in [-0.2, -0.15) is 0 Å². The monoisotopic (exact) mass is 386 g/mol. The van der Waals surface area contributed by atoms with E-state index in [2.05, 4.69) is 15.6 Å². The molecule has 1 aromatic carbocycles. The van der Waals surface area contributed by atoms with Crippen LogP contribution in [0.1, 0.15) is 16.1 Å². The number of halogens is 2. The third-order valence-electron chi connectivity index (χ3n) is 2.86. The molecule has 0 aliphatic rings. The minimum absolute atomic E-state index is 0.180. The van der Waals surface area contributed by atoms with Crippen LogP contribution in [0.5, 0.6) is 0 Å². The van der Waals surface area contributed by atoms with Crippen LogP contribution in [0.2, 0.25) is 10.0 Å². The number of hydrogen-bond acceptors (Lipinski definition) is 5. The van der Waals surface area contributed by atoms with Crippen molar-refractivity contribution in [2.24, 2.45) is 0 Å². The fraction of sp³-hybridized carbons (Fsp3) is 0.267. The lowest BCUT2D eigenvalue weighted by molar-refractivity contribution is -0.115. The number of nitrogens with zero attached hydrogens (tertiary/aromatic N) is 2. The highest BCUT2D eigenvalue weighted by molar-refractivity contribution is 7.13. The van der Waals surface area contributed by atoms with Gasteiger partial charge < -0.3 is 15.5 Å². The van der Waals surface area contributed by atoms with E-state index in [0.717, 1.165) is 5.69 Å². The van der Waals surface area contributed by atoms with Crippen molar-refractivity contribution in [1.82, 2.24) is 15.2 Å². The van der Waals surface area contributed by atoms with E-state index in [0.29, 0.717) is 16.7 Å². The van der Waals surface area contributed by atoms with Gasteiger partial charge in [0.15, 0.2) is 5.13 Å². The molecular weight excluding hydrogens is 371 g/mol. The zero-order chi connectivity index (χ0) is 17.7. The van der Waals surface area contributed by atoms with Crippen LogP contribution >= 0.6 is 34.5 Å². The Balaban J connectivity index is 1.86. The molecule has 1 aromatic heterocycles. The van der Waals surface area contributed by atoms with Crippen molar-refractivity contribution in [2.45, 2.75) is 6.54 Å². The third-order valence-corrected chi connectivity index (χ3v) is 4.22. The molecule has 2 rings (SSSR count). The molecule has 0 spiro atoms. The standard InChI is InChI=1S/C15H16Cl2N4O2S/c1-21(2)7-10-8-24-15(19-10)20-13(22)6-18-14(23)11-4-3-9(16)5-12(11)17/h3-5,8H,6-7H2,1-2H3,(H,18,23)(H,19,20,22). The molecule has 24 heavy (non-hydrogen) atoms. The summed E-state index contributed by atoms with van der Waals surface area (Å²) < 4.78 is 0. The summed E-state index contributed by atoms with van der Waals surface area (Å²) >= 11 is 13.1. The number of anilines is 1. The first-order valence-electron chi connectivity index (χ1n) is 6.97. The Morgan fingerprint density at radius 1 is 1.29 bits per heavy atom. The molecule has 0 bridgehead atoms. The maximum Gasteiger partial charge on any atom is 0.253 e. The smallest absolute Gasteiger partial charge is 0.253 e. The maximum atomic E-state index is 12.0. The minimum Gasteiger partial charge on any atom is -0.343 e. The molecule has 2 aromatic rings. The van der Waals surface area contributed by atoms with Crippen LogP contribution in [0.3, 0.4) is 0 Å². The number of aromatic nitrogens is 1. The first-order valence-corrected chi connectivity index (χ1v) is 8.61. The van der Waals surface area contributed by atoms with E-state index >= 15 is 0 Å². The molecule has 0 unspecified atom stereocenters. The molecule has 6 nitrogen and oxygen atoms in total. The van der Waals surface area contributed by atoms with Crippen molar-refractivity contribution in [2.75, 3.05) is 26.0 Å². The number of thiazole rings is 1. The zero-order valence-corrected chi connectivity index (χ0v) is 15.4. The summed E-state index contributed by atoms with van der Waals surface area (Å²) in [5.74, 6) is -0.807. The minimum atomic E-state index is -0.445. The molecular formula is C15H16Cl2N4O2S. The van der Waals surface area contributed by atoms with E-state index in [1.165, 1.54) is 23.5 Å². The van der Waals surface area contributed by atoms with E-state index in [1.54, 1.807) is 6.07 Å². The topological polar surface area (TPSA) is 74.3 Å². The number of hydrogen-bond donors (Lipinski definition) is 2. The number of nitrogens with one attached hydrogen (secondary N) is 2. The van der Waals surface area contributed by atoms with E-state index in [-0.39, 0.29) is 23.0 Å². The quantitative estimate of drug-likeness (QED) is 0.800. The van der Waals surface area contributed by atoms with Gasteiger partial charge in [-0.1, -0.05) is 23.2 Å². The van der Waals surface area contributed by atoms with Crippen molar-refractivity contribution >= 4 is 51.5 Å². The largest absolute Gasteiger partial charge is 0.343 e. The number of rotatable bonds is 6. The first-order chi connectivity index (χ1) is 11.3. The van der Waals surface area contributed by atoms with Gasteiger partial charge >= 0.3 is 0 Å². The molecule has 9 heteroatoms. The molecule has 2 amide bonds. The molecule has 0 saturated heterocycles. The molecule has 2 N–H and O–H groups in total. The normalized spacial score (nSPS) is 10.7. The second-order valence-corrected chi connectivity index (χ2v) is 6.94. The van der Waals surface area contributed by atoms with Gasteiger partial charge in [-0.15, -0.1) is 11.3 Å². The van der Waals surface area contributed by atoms with Gasteiger partial charge in [0.25, 0.3) is 5.91 Å². The molecule has 0 aliphatic carbocycles. The predicted molar refractivity (Wildman–Crippen MR) is 96.9 cm³/mol. The van der Waals surface area contributed by atoms with Crippen LogP contribution in [0.4, 0.5) is 5.13 Å². The SMILES string of the molecule is CN(C)Cc1csc(NC(=O)CNC(=O)c2ccc(Cl)cc2Cl)n1. The number of benzene rings is 1. The highest BCUT2D eigenvalue weighted by atomic mass is 35.5. The Labute approximate surface area is 153 Å². The van der Waals surface area contributed by atoms with Gasteiger partial charge in [-0.3, -0.25) is 9.59 Å². The molecule has 0 saturated carbocycles. The van der Waals surface area contributed by atoms with Crippen LogP contribution in [-0.2, 0) is 11.3 Å². The highest BCUT2D eigenvalue weighted by Crippen LogP contribution is 2.20. The number of amides is 2. The molecule has 0 aliphatic heterocycles. The molecule has 0 fully saturated rings. The van der Waals surface area contributed by atoms with Crippen molar-refractivity contribution in [3.63, 3.8) is 0 Å². The van der Waals surface area contributed by atoms with Crippen LogP contribution in [0.15, 0.2) is 23.6 Å². The van der Waals surface area contributed by atoms with E-state index in [4.69, 9.17) is 23.2 Å². The van der Waals surface area contributed by atoms with Gasteiger partial charge in [0.1, 0.15) is 0 Å². The number of carbonyl (C=O) groups is 2. The summed E-state index contributed by atoms with van der Waals surface area (Å²) in [4.78, 5) is 30.2. The van der Waals surface area contributed by atoms with Gasteiger partial charge in [0, 0.05) is 16.9 Å². The van der Waals surface area contributed by atoms with Crippen LogP contribution in [-0.4, -0.2) is 42.3 Å². The van der Waals surface area contributed by atoms with Crippen molar-refractivity contribution in [1.29, 1.82) is 0 Å². The Morgan fingerprint density at radius 2 is 2.04 bits per heavy atom. The van der Waals surface area contributed by atoms with E-state index < -0.39 is 5.91 Å². The fourth-order valence-corrected chi connectivity index (χ4v) is 3.07. The third kappa shape index (κ3) is 5.45. The Morgan fingerprint density at radius 3 is 2.71 bits per heavy atom. The average Bonchev–Trinajstić information content (AvgIpc) is 2.91. The van der Waals surface area contributed by atoms with E-state index in [9.17, 15) is 9.59 Å². The van der Waals surface area contributed by atoms with Crippen LogP contribution < -0.4 is 10.6 Å². The Bertz CT molecular complexity index is 749. The summed E-state index contributed by atoms with van der Waals surface area (Å²) in [5, 5.41) is 8.20. The summed E-state index contributed by atoms with van der Waals surface area (Å²) in [5.41, 5.74) is 1.13. The van der Waals surface area contributed by atoms with Crippen LogP contribution in [0.25, 0.3) is 0 Å². The first kappa shape index (κ1) is 18.7. The van der Waals surface area contributed by atoms with Crippen molar-refractivity contribution < 1.29 is 9.59 Å². The summed E-state index contributed by atoms with van der Waals surface area (Å²) in [6, 6.07) is 4.54. The molecule has 0 radical (unpaired) electrons. The van der Waals surface area contributed by atoms with Gasteiger partial charge in [0.2, 0.25) is 5.91 Å². The van der Waals surface area contributed by atoms with Gasteiger partial charge in [0.05, 0.1) is 22.8 Å². The second kappa shape index (κ2) is 8.43. The van der Waals surface area contributed by atoms with Crippen LogP contribution in [0, 0.1) is 0 Å². The average molecular weight is 387 g/mol. The lowest BCUT2D eigenvalue weighted by atomic mass is 10.2. The number of carbonyl (C=O) groups excluding carboxylic acids is 2. The predicted octanol–water partition coefficient (Wildman–Crippen LogP) is 2.88.